The molecule has 1 aromatic heterocycles. The molecule has 5 heteroatoms. The monoisotopic (exact) mass is 269 g/mol. The van der Waals surface area contributed by atoms with Crippen molar-refractivity contribution in [3.8, 4) is 0 Å². The number of hydrogen-bond donors (Lipinski definition) is 1. The molecule has 80 valence electrons. The van der Waals surface area contributed by atoms with Gasteiger partial charge < -0.3 is 10.2 Å². The van der Waals surface area contributed by atoms with Gasteiger partial charge in [-0.1, -0.05) is 0 Å². The van der Waals surface area contributed by atoms with Crippen LogP contribution in [0.4, 0.5) is 5.69 Å². The highest BCUT2D eigenvalue weighted by Crippen LogP contribution is 2.18. The van der Waals surface area contributed by atoms with Gasteiger partial charge in [0.05, 0.1) is 11.9 Å². The Kier molecular flexibility index (Phi) is 3.20. The highest BCUT2D eigenvalue weighted by molar-refractivity contribution is 9.10. The fraction of sp³-hybridized carbons (Fsp3) is 0.400. The van der Waals surface area contributed by atoms with Crippen LogP contribution in [0.5, 0.6) is 0 Å². The Bertz CT molecular complexity index is 369. The van der Waals surface area contributed by atoms with Crippen LogP contribution in [-0.4, -0.2) is 30.5 Å². The van der Waals surface area contributed by atoms with Crippen molar-refractivity contribution in [3.05, 3.63) is 22.9 Å². The van der Waals surface area contributed by atoms with Gasteiger partial charge in [-0.3, -0.25) is 9.78 Å². The fourth-order valence-electron chi connectivity index (χ4n) is 1.60. The Morgan fingerprint density at radius 1 is 1.40 bits per heavy atom. The van der Waals surface area contributed by atoms with Crippen LogP contribution in [-0.2, 0) is 4.79 Å². The standard InChI is InChI=1S/C10H12BrN3O/c11-8-5-9(7-12-6-8)14-3-1-10(15)13-2-4-14/h5-7H,1-4H2,(H,13,15). The zero-order valence-electron chi connectivity index (χ0n) is 8.24. The van der Waals surface area contributed by atoms with Crippen LogP contribution in [0.1, 0.15) is 6.42 Å². The molecule has 0 spiro atoms. The second kappa shape index (κ2) is 4.61. The van der Waals surface area contributed by atoms with Gasteiger partial charge in [-0.15, -0.1) is 0 Å². The zero-order chi connectivity index (χ0) is 10.7. The number of carbonyl (C=O) groups is 1. The summed E-state index contributed by atoms with van der Waals surface area (Å²) in [4.78, 5) is 17.4. The highest BCUT2D eigenvalue weighted by Gasteiger charge is 2.13. The lowest BCUT2D eigenvalue weighted by atomic mass is 10.3. The van der Waals surface area contributed by atoms with Gasteiger partial charge in [-0.2, -0.15) is 0 Å². The van der Waals surface area contributed by atoms with Gasteiger partial charge in [-0.25, -0.2) is 0 Å². The molecule has 15 heavy (non-hydrogen) atoms. The smallest absolute Gasteiger partial charge is 0.221 e. The Labute approximate surface area is 96.8 Å². The van der Waals surface area contributed by atoms with Crippen LogP contribution < -0.4 is 10.2 Å². The summed E-state index contributed by atoms with van der Waals surface area (Å²) < 4.78 is 0.962. The van der Waals surface area contributed by atoms with Gasteiger partial charge in [0.15, 0.2) is 0 Å². The molecule has 2 rings (SSSR count). The van der Waals surface area contributed by atoms with Gasteiger partial charge in [0.2, 0.25) is 5.91 Å². The summed E-state index contributed by atoms with van der Waals surface area (Å²) >= 11 is 3.39. The summed E-state index contributed by atoms with van der Waals surface area (Å²) in [6, 6.07) is 2.02. The van der Waals surface area contributed by atoms with Gasteiger partial charge >= 0.3 is 0 Å². The van der Waals surface area contributed by atoms with Crippen LogP contribution in [0.2, 0.25) is 0 Å². The van der Waals surface area contributed by atoms with Gasteiger partial charge in [-0.05, 0) is 22.0 Å². The predicted molar refractivity (Wildman–Crippen MR) is 61.8 cm³/mol. The number of carbonyl (C=O) groups excluding carboxylic acids is 1. The molecule has 1 saturated heterocycles. The van der Waals surface area contributed by atoms with E-state index >= 15 is 0 Å². The van der Waals surface area contributed by atoms with E-state index in [-0.39, 0.29) is 5.91 Å². The minimum absolute atomic E-state index is 0.125. The Balaban J connectivity index is 2.13. The molecular weight excluding hydrogens is 258 g/mol. The molecule has 1 fully saturated rings. The van der Waals surface area contributed by atoms with E-state index in [0.29, 0.717) is 13.0 Å². The first-order valence-electron chi connectivity index (χ1n) is 4.88. The van der Waals surface area contributed by atoms with Gasteiger partial charge in [0.1, 0.15) is 0 Å². The second-order valence-corrected chi connectivity index (χ2v) is 4.36. The van der Waals surface area contributed by atoms with E-state index in [0.717, 1.165) is 23.2 Å². The lowest BCUT2D eigenvalue weighted by molar-refractivity contribution is -0.120. The molecule has 0 radical (unpaired) electrons. The maximum atomic E-state index is 11.2. The van der Waals surface area contributed by atoms with E-state index in [9.17, 15) is 4.79 Å². The molecule has 0 bridgehead atoms. The number of pyridine rings is 1. The lowest BCUT2D eigenvalue weighted by Gasteiger charge is -2.21. The molecule has 1 N–H and O–H groups in total. The van der Waals surface area contributed by atoms with E-state index in [2.05, 4.69) is 31.1 Å². The van der Waals surface area contributed by atoms with Crippen molar-refractivity contribution < 1.29 is 4.79 Å². The molecule has 0 unspecified atom stereocenters. The van der Waals surface area contributed by atoms with Crippen molar-refractivity contribution in [1.82, 2.24) is 10.3 Å². The van der Waals surface area contributed by atoms with Gasteiger partial charge in [0, 0.05) is 36.7 Å². The van der Waals surface area contributed by atoms with Gasteiger partial charge in [0.25, 0.3) is 0 Å². The van der Waals surface area contributed by atoms with E-state index in [4.69, 9.17) is 0 Å². The number of hydrogen-bond acceptors (Lipinski definition) is 3. The van der Waals surface area contributed by atoms with Crippen molar-refractivity contribution in [2.24, 2.45) is 0 Å². The topological polar surface area (TPSA) is 45.2 Å². The Morgan fingerprint density at radius 2 is 2.27 bits per heavy atom. The third-order valence-electron chi connectivity index (χ3n) is 2.37. The van der Waals surface area contributed by atoms with Crippen molar-refractivity contribution in [1.29, 1.82) is 0 Å². The molecule has 1 aliphatic rings. The maximum Gasteiger partial charge on any atom is 0.221 e. The average molecular weight is 270 g/mol. The van der Waals surface area contributed by atoms with E-state index in [1.807, 2.05) is 12.3 Å². The number of nitrogens with one attached hydrogen (secondary N) is 1. The fourth-order valence-corrected chi connectivity index (χ4v) is 1.95. The first-order valence-corrected chi connectivity index (χ1v) is 5.67. The molecular formula is C10H12BrN3O. The van der Waals surface area contributed by atoms with E-state index in [1.54, 1.807) is 6.20 Å². The number of amides is 1. The van der Waals surface area contributed by atoms with Crippen LogP contribution in [0, 0.1) is 0 Å². The molecule has 2 heterocycles. The number of anilines is 1. The van der Waals surface area contributed by atoms with Crippen LogP contribution >= 0.6 is 15.9 Å². The maximum absolute atomic E-state index is 11.2. The molecule has 1 amide bonds. The lowest BCUT2D eigenvalue weighted by Crippen LogP contribution is -2.28. The SMILES string of the molecule is O=C1CCN(c2cncc(Br)c2)CCN1. The highest BCUT2D eigenvalue weighted by atomic mass is 79.9. The molecule has 1 aliphatic heterocycles. The molecule has 1 aromatic rings. The van der Waals surface area contributed by atoms with Crippen molar-refractivity contribution in [3.63, 3.8) is 0 Å². The summed E-state index contributed by atoms with van der Waals surface area (Å²) in [5.74, 6) is 0.125. The summed E-state index contributed by atoms with van der Waals surface area (Å²) in [6.07, 6.45) is 4.12. The number of rotatable bonds is 1. The van der Waals surface area contributed by atoms with Crippen molar-refractivity contribution in [2.45, 2.75) is 6.42 Å². The zero-order valence-corrected chi connectivity index (χ0v) is 9.83. The number of nitrogens with zero attached hydrogens (tertiary/aromatic N) is 2. The van der Waals surface area contributed by atoms with Crippen LogP contribution in [0.15, 0.2) is 22.9 Å². The van der Waals surface area contributed by atoms with Crippen LogP contribution in [0.25, 0.3) is 0 Å². The normalized spacial score (nSPS) is 17.1. The molecule has 0 saturated carbocycles. The van der Waals surface area contributed by atoms with E-state index in [1.165, 1.54) is 0 Å². The first kappa shape index (κ1) is 10.4. The Morgan fingerprint density at radius 3 is 3.07 bits per heavy atom. The summed E-state index contributed by atoms with van der Waals surface area (Å²) in [5.41, 5.74) is 1.06. The Hall–Kier alpha value is -1.10. The van der Waals surface area contributed by atoms with Crippen LogP contribution in [0.3, 0.4) is 0 Å². The largest absolute Gasteiger partial charge is 0.368 e. The number of aromatic nitrogens is 1. The molecule has 0 atom stereocenters. The second-order valence-electron chi connectivity index (χ2n) is 3.45. The third-order valence-corrected chi connectivity index (χ3v) is 2.80. The third kappa shape index (κ3) is 2.68. The minimum Gasteiger partial charge on any atom is -0.368 e. The first-order chi connectivity index (χ1) is 7.25. The molecule has 4 nitrogen and oxygen atoms in total. The molecule has 0 aliphatic carbocycles. The minimum atomic E-state index is 0.125. The van der Waals surface area contributed by atoms with Crippen molar-refractivity contribution in [2.75, 3.05) is 24.5 Å². The predicted octanol–water partition coefficient (Wildman–Crippen LogP) is 1.17. The number of halogens is 1. The summed E-state index contributed by atoms with van der Waals surface area (Å²) in [5, 5.41) is 2.85. The average Bonchev–Trinajstić information content (AvgIpc) is 2.43. The van der Waals surface area contributed by atoms with Crippen molar-refractivity contribution >= 4 is 27.5 Å². The summed E-state index contributed by atoms with van der Waals surface area (Å²) in [6.45, 7) is 2.29. The molecule has 0 aromatic carbocycles. The summed E-state index contributed by atoms with van der Waals surface area (Å²) in [7, 11) is 0. The quantitative estimate of drug-likeness (QED) is 0.833. The van der Waals surface area contributed by atoms with E-state index < -0.39 is 0 Å².